The zero-order valence-electron chi connectivity index (χ0n) is 16.1. The summed E-state index contributed by atoms with van der Waals surface area (Å²) < 4.78 is 6.97. The maximum atomic E-state index is 13.1. The van der Waals surface area contributed by atoms with Crippen LogP contribution in [0.4, 0.5) is 5.69 Å². The van der Waals surface area contributed by atoms with Crippen LogP contribution >= 0.6 is 0 Å². The highest BCUT2D eigenvalue weighted by molar-refractivity contribution is 5.94. The molecule has 30 heavy (non-hydrogen) atoms. The van der Waals surface area contributed by atoms with Crippen LogP contribution in [0.3, 0.4) is 0 Å². The standard InChI is InChI=1S/C22H18N4O4/c1-15(16-7-5-10-18(13-16)26(28)29)23-22(27)20-14-19(21-11-6-12-30-21)24-25(20)17-8-3-2-4-9-17/h2-15H,1H3,(H,23,27). The third-order valence-electron chi connectivity index (χ3n) is 4.65. The molecule has 0 spiro atoms. The van der Waals surface area contributed by atoms with E-state index in [1.54, 1.807) is 48.2 Å². The zero-order chi connectivity index (χ0) is 21.1. The maximum Gasteiger partial charge on any atom is 0.270 e. The average Bonchev–Trinajstić information content (AvgIpc) is 3.44. The first kappa shape index (κ1) is 19.1. The van der Waals surface area contributed by atoms with Gasteiger partial charge in [0.1, 0.15) is 11.4 Å². The van der Waals surface area contributed by atoms with Crippen LogP contribution in [0.1, 0.15) is 29.0 Å². The Balaban J connectivity index is 1.66. The van der Waals surface area contributed by atoms with E-state index in [0.717, 1.165) is 5.69 Å². The van der Waals surface area contributed by atoms with Gasteiger partial charge < -0.3 is 9.73 Å². The van der Waals surface area contributed by atoms with Gasteiger partial charge in [0.25, 0.3) is 11.6 Å². The van der Waals surface area contributed by atoms with Crippen LogP contribution in [-0.4, -0.2) is 20.6 Å². The van der Waals surface area contributed by atoms with Crippen molar-refractivity contribution in [3.05, 3.63) is 100 Å². The van der Waals surface area contributed by atoms with Gasteiger partial charge in [0.05, 0.1) is 22.9 Å². The van der Waals surface area contributed by atoms with Crippen LogP contribution in [0.25, 0.3) is 17.1 Å². The number of aromatic nitrogens is 2. The molecule has 0 radical (unpaired) electrons. The van der Waals surface area contributed by atoms with E-state index in [-0.39, 0.29) is 11.6 Å². The minimum atomic E-state index is -0.460. The van der Waals surface area contributed by atoms with Crippen molar-refractivity contribution in [1.82, 2.24) is 15.1 Å². The number of carbonyl (C=O) groups is 1. The number of rotatable bonds is 6. The summed E-state index contributed by atoms with van der Waals surface area (Å²) in [7, 11) is 0. The number of nitro groups is 1. The quantitative estimate of drug-likeness (QED) is 0.377. The number of nitro benzene ring substituents is 1. The second kappa shape index (κ2) is 8.04. The van der Waals surface area contributed by atoms with Crippen molar-refractivity contribution >= 4 is 11.6 Å². The molecule has 0 aliphatic heterocycles. The largest absolute Gasteiger partial charge is 0.463 e. The van der Waals surface area contributed by atoms with Gasteiger partial charge in [-0.05, 0) is 36.8 Å². The molecule has 0 aliphatic rings. The Morgan fingerprint density at radius 3 is 2.60 bits per heavy atom. The minimum Gasteiger partial charge on any atom is -0.463 e. The highest BCUT2D eigenvalue weighted by Crippen LogP contribution is 2.24. The molecule has 0 bridgehead atoms. The number of hydrogen-bond donors (Lipinski definition) is 1. The van der Waals surface area contributed by atoms with Gasteiger partial charge in [-0.15, -0.1) is 0 Å². The Labute approximate surface area is 171 Å². The molecule has 4 rings (SSSR count). The number of amides is 1. The van der Waals surface area contributed by atoms with E-state index in [2.05, 4.69) is 10.4 Å². The Kier molecular flexibility index (Phi) is 5.13. The number of nitrogens with one attached hydrogen (secondary N) is 1. The summed E-state index contributed by atoms with van der Waals surface area (Å²) in [6.45, 7) is 1.77. The lowest BCUT2D eigenvalue weighted by atomic mass is 10.1. The molecule has 2 aromatic heterocycles. The van der Waals surface area contributed by atoms with Crippen molar-refractivity contribution < 1.29 is 14.1 Å². The van der Waals surface area contributed by atoms with Crippen molar-refractivity contribution in [1.29, 1.82) is 0 Å². The molecule has 0 saturated heterocycles. The van der Waals surface area contributed by atoms with Gasteiger partial charge in [-0.2, -0.15) is 5.10 Å². The molecule has 1 N–H and O–H groups in total. The Hall–Kier alpha value is -4.20. The van der Waals surface area contributed by atoms with Gasteiger partial charge in [-0.1, -0.05) is 30.3 Å². The first-order valence-corrected chi connectivity index (χ1v) is 9.27. The molecule has 8 heteroatoms. The van der Waals surface area contributed by atoms with E-state index < -0.39 is 11.0 Å². The van der Waals surface area contributed by atoms with E-state index in [4.69, 9.17) is 4.42 Å². The van der Waals surface area contributed by atoms with Crippen molar-refractivity contribution in [2.75, 3.05) is 0 Å². The molecule has 2 heterocycles. The van der Waals surface area contributed by atoms with Crippen molar-refractivity contribution in [3.8, 4) is 17.1 Å². The third-order valence-corrected chi connectivity index (χ3v) is 4.65. The van der Waals surface area contributed by atoms with Gasteiger partial charge in [-0.25, -0.2) is 4.68 Å². The summed E-state index contributed by atoms with van der Waals surface area (Å²) in [5.74, 6) is 0.189. The van der Waals surface area contributed by atoms with Crippen molar-refractivity contribution in [3.63, 3.8) is 0 Å². The van der Waals surface area contributed by atoms with Crippen molar-refractivity contribution in [2.24, 2.45) is 0 Å². The molecule has 4 aromatic rings. The van der Waals surface area contributed by atoms with Crippen molar-refractivity contribution in [2.45, 2.75) is 13.0 Å². The Morgan fingerprint density at radius 1 is 1.10 bits per heavy atom. The van der Waals surface area contributed by atoms with Crippen LogP contribution in [0.5, 0.6) is 0 Å². The molecule has 0 fully saturated rings. The van der Waals surface area contributed by atoms with Crippen LogP contribution in [0.2, 0.25) is 0 Å². The summed E-state index contributed by atoms with van der Waals surface area (Å²) in [4.78, 5) is 23.7. The summed E-state index contributed by atoms with van der Waals surface area (Å²) in [5.41, 5.74) is 2.18. The topological polar surface area (TPSA) is 103 Å². The number of benzene rings is 2. The molecule has 1 atom stereocenters. The normalized spacial score (nSPS) is 11.8. The van der Waals surface area contributed by atoms with Gasteiger partial charge >= 0.3 is 0 Å². The second-order valence-corrected chi connectivity index (χ2v) is 6.69. The summed E-state index contributed by atoms with van der Waals surface area (Å²) in [6.07, 6.45) is 1.54. The average molecular weight is 402 g/mol. The summed E-state index contributed by atoms with van der Waals surface area (Å²) in [5, 5.41) is 18.5. The van der Waals surface area contributed by atoms with Crippen LogP contribution in [0.15, 0.2) is 83.5 Å². The fourth-order valence-corrected chi connectivity index (χ4v) is 3.12. The molecule has 1 amide bonds. The van der Waals surface area contributed by atoms with Gasteiger partial charge in [0.2, 0.25) is 0 Å². The van der Waals surface area contributed by atoms with Crippen LogP contribution in [-0.2, 0) is 0 Å². The lowest BCUT2D eigenvalue weighted by Gasteiger charge is -2.15. The Bertz CT molecular complexity index is 1180. The minimum absolute atomic E-state index is 0.0250. The Morgan fingerprint density at radius 2 is 1.90 bits per heavy atom. The van der Waals surface area contributed by atoms with E-state index >= 15 is 0 Å². The first-order chi connectivity index (χ1) is 14.5. The monoisotopic (exact) mass is 402 g/mol. The molecule has 0 aliphatic carbocycles. The number of furan rings is 1. The van der Waals surface area contributed by atoms with E-state index in [1.807, 2.05) is 30.3 Å². The first-order valence-electron chi connectivity index (χ1n) is 9.27. The molecule has 2 aromatic carbocycles. The predicted molar refractivity (Wildman–Crippen MR) is 110 cm³/mol. The zero-order valence-corrected chi connectivity index (χ0v) is 16.1. The maximum absolute atomic E-state index is 13.1. The van der Waals surface area contributed by atoms with E-state index in [0.29, 0.717) is 22.7 Å². The number of non-ortho nitro benzene ring substituents is 1. The van der Waals surface area contributed by atoms with Gasteiger partial charge in [0, 0.05) is 18.2 Å². The second-order valence-electron chi connectivity index (χ2n) is 6.69. The summed E-state index contributed by atoms with van der Waals surface area (Å²) in [6, 6.07) is 20.2. The third kappa shape index (κ3) is 3.83. The molecular weight excluding hydrogens is 384 g/mol. The predicted octanol–water partition coefficient (Wildman–Crippen LogP) is 4.53. The van der Waals surface area contributed by atoms with Gasteiger partial charge in [0.15, 0.2) is 5.76 Å². The summed E-state index contributed by atoms with van der Waals surface area (Å²) >= 11 is 0. The van der Waals surface area contributed by atoms with Crippen LogP contribution < -0.4 is 5.32 Å². The molecule has 0 saturated carbocycles. The number of nitrogens with zero attached hydrogens (tertiary/aromatic N) is 3. The molecule has 8 nitrogen and oxygen atoms in total. The highest BCUT2D eigenvalue weighted by Gasteiger charge is 2.21. The lowest BCUT2D eigenvalue weighted by molar-refractivity contribution is -0.384. The lowest BCUT2D eigenvalue weighted by Crippen LogP contribution is -2.28. The van der Waals surface area contributed by atoms with Gasteiger partial charge in [-0.3, -0.25) is 14.9 Å². The number of para-hydroxylation sites is 1. The van der Waals surface area contributed by atoms with Crippen LogP contribution in [0, 0.1) is 10.1 Å². The fraction of sp³-hybridized carbons (Fsp3) is 0.0909. The number of carbonyl (C=O) groups excluding carboxylic acids is 1. The van der Waals surface area contributed by atoms with E-state index in [9.17, 15) is 14.9 Å². The molecular formula is C22H18N4O4. The van der Waals surface area contributed by atoms with E-state index in [1.165, 1.54) is 12.1 Å². The smallest absolute Gasteiger partial charge is 0.270 e. The SMILES string of the molecule is CC(NC(=O)c1cc(-c2ccco2)nn1-c1ccccc1)c1cccc([N+](=O)[O-])c1. The molecule has 1 unspecified atom stereocenters. The molecule has 150 valence electrons. The highest BCUT2D eigenvalue weighted by atomic mass is 16.6. The number of hydrogen-bond acceptors (Lipinski definition) is 5. The fourth-order valence-electron chi connectivity index (χ4n) is 3.12.